The minimum absolute atomic E-state index is 0.203. The van der Waals surface area contributed by atoms with E-state index in [1.54, 1.807) is 43.9 Å². The van der Waals surface area contributed by atoms with Crippen LogP contribution >= 0.6 is 11.3 Å². The first kappa shape index (κ1) is 20.5. The number of nitrogens with zero attached hydrogens (tertiary/aromatic N) is 1. The molecule has 0 spiro atoms. The second-order valence-electron chi connectivity index (χ2n) is 6.20. The Morgan fingerprint density at radius 3 is 2.38 bits per heavy atom. The van der Waals surface area contributed by atoms with Gasteiger partial charge in [-0.25, -0.2) is 0 Å². The van der Waals surface area contributed by atoms with Crippen molar-refractivity contribution >= 4 is 22.9 Å². The molecule has 0 saturated heterocycles. The Morgan fingerprint density at radius 1 is 1.00 bits per heavy atom. The molecule has 3 rings (SSSR count). The van der Waals surface area contributed by atoms with Crippen LogP contribution in [0.5, 0.6) is 17.2 Å². The molecule has 1 N–H and O–H groups in total. The number of aromatic nitrogens is 1. The number of carbonyl (C=O) groups excluding carboxylic acids is 1. The van der Waals surface area contributed by atoms with E-state index >= 15 is 0 Å². The fraction of sp³-hybridized carbons (Fsp3) is 0.238. The molecule has 152 valence electrons. The van der Waals surface area contributed by atoms with Crippen molar-refractivity contribution in [2.45, 2.75) is 13.5 Å². The fourth-order valence-electron chi connectivity index (χ4n) is 2.98. The fourth-order valence-corrected chi connectivity index (χ4v) is 3.86. The maximum absolute atomic E-state index is 12.8. The molecule has 0 atom stereocenters. The molecule has 0 fully saturated rings. The quantitative estimate of drug-likeness (QED) is 0.640. The molecule has 7 nitrogen and oxygen atoms in total. The molecular formula is C21H22N2O5S. The normalized spacial score (nSPS) is 10.5. The van der Waals surface area contributed by atoms with E-state index in [0.717, 1.165) is 16.9 Å². The lowest BCUT2D eigenvalue weighted by Gasteiger charge is -2.11. The number of amides is 1. The van der Waals surface area contributed by atoms with E-state index in [0.29, 0.717) is 40.1 Å². The predicted octanol–water partition coefficient (Wildman–Crippen LogP) is 3.54. The van der Waals surface area contributed by atoms with Crippen molar-refractivity contribution < 1.29 is 19.0 Å². The van der Waals surface area contributed by atoms with Gasteiger partial charge >= 0.3 is 4.87 Å². The van der Waals surface area contributed by atoms with Gasteiger partial charge in [0.15, 0.2) is 11.5 Å². The van der Waals surface area contributed by atoms with Crippen molar-refractivity contribution in [1.82, 2.24) is 4.57 Å². The Hall–Kier alpha value is -3.26. The first-order valence-corrected chi connectivity index (χ1v) is 9.65. The SMILES string of the molecule is COc1ccccc1Cn1c(C)c(C(=O)Nc2ccc(OC)c(OC)c2)sc1=O. The molecule has 0 bridgehead atoms. The van der Waals surface area contributed by atoms with Crippen molar-refractivity contribution in [2.24, 2.45) is 0 Å². The number of benzene rings is 2. The predicted molar refractivity (Wildman–Crippen MR) is 113 cm³/mol. The highest BCUT2D eigenvalue weighted by atomic mass is 32.1. The number of hydrogen-bond donors (Lipinski definition) is 1. The van der Waals surface area contributed by atoms with Crippen molar-refractivity contribution in [3.8, 4) is 17.2 Å². The van der Waals surface area contributed by atoms with Crippen LogP contribution in [-0.4, -0.2) is 31.8 Å². The number of hydrogen-bond acceptors (Lipinski definition) is 6. The van der Waals surface area contributed by atoms with Crippen LogP contribution in [0, 0.1) is 6.92 Å². The zero-order valence-electron chi connectivity index (χ0n) is 16.6. The minimum Gasteiger partial charge on any atom is -0.496 e. The molecule has 29 heavy (non-hydrogen) atoms. The maximum Gasteiger partial charge on any atom is 0.308 e. The van der Waals surface area contributed by atoms with E-state index in [-0.39, 0.29) is 10.8 Å². The van der Waals surface area contributed by atoms with Crippen molar-refractivity contribution in [3.05, 3.63) is 68.3 Å². The Balaban J connectivity index is 1.86. The van der Waals surface area contributed by atoms with E-state index in [4.69, 9.17) is 14.2 Å². The first-order chi connectivity index (χ1) is 14.0. The summed E-state index contributed by atoms with van der Waals surface area (Å²) in [6.07, 6.45) is 0. The van der Waals surface area contributed by atoms with Crippen molar-refractivity contribution in [2.75, 3.05) is 26.6 Å². The lowest BCUT2D eigenvalue weighted by molar-refractivity contribution is 0.102. The number of rotatable bonds is 7. The van der Waals surface area contributed by atoms with Crippen LogP contribution in [0.1, 0.15) is 20.9 Å². The van der Waals surface area contributed by atoms with Gasteiger partial charge in [0.25, 0.3) is 5.91 Å². The molecule has 0 aliphatic heterocycles. The Kier molecular flexibility index (Phi) is 6.23. The van der Waals surface area contributed by atoms with E-state index in [9.17, 15) is 9.59 Å². The Bertz CT molecular complexity index is 1090. The lowest BCUT2D eigenvalue weighted by atomic mass is 10.2. The number of carbonyl (C=O) groups is 1. The largest absolute Gasteiger partial charge is 0.496 e. The van der Waals surface area contributed by atoms with Gasteiger partial charge in [0.2, 0.25) is 0 Å². The van der Waals surface area contributed by atoms with Gasteiger partial charge in [-0.15, -0.1) is 0 Å². The number of thiazole rings is 1. The summed E-state index contributed by atoms with van der Waals surface area (Å²) in [5, 5.41) is 2.81. The molecular weight excluding hydrogens is 392 g/mol. The number of ether oxygens (including phenoxy) is 3. The molecule has 0 radical (unpaired) electrons. The summed E-state index contributed by atoms with van der Waals surface area (Å²) in [5.41, 5.74) is 2.01. The van der Waals surface area contributed by atoms with Crippen LogP contribution in [0.15, 0.2) is 47.3 Å². The standard InChI is InChI=1S/C21H22N2O5S/c1-13-19(20(24)22-15-9-10-17(27-3)18(11-15)28-4)29-21(25)23(13)12-14-7-5-6-8-16(14)26-2/h5-11H,12H2,1-4H3,(H,22,24). The smallest absolute Gasteiger partial charge is 0.308 e. The molecule has 0 saturated carbocycles. The average Bonchev–Trinajstić information content (AvgIpc) is 3.02. The summed E-state index contributed by atoms with van der Waals surface area (Å²) in [5.74, 6) is 1.41. The third-order valence-corrected chi connectivity index (χ3v) is 5.59. The van der Waals surface area contributed by atoms with Crippen LogP contribution in [0.4, 0.5) is 5.69 Å². The average molecular weight is 414 g/mol. The highest BCUT2D eigenvalue weighted by molar-refractivity contribution is 7.11. The highest BCUT2D eigenvalue weighted by Gasteiger charge is 2.19. The molecule has 8 heteroatoms. The van der Waals surface area contributed by atoms with Gasteiger partial charge in [0, 0.05) is 23.0 Å². The van der Waals surface area contributed by atoms with Crippen LogP contribution in [0.3, 0.4) is 0 Å². The highest BCUT2D eigenvalue weighted by Crippen LogP contribution is 2.30. The summed E-state index contributed by atoms with van der Waals surface area (Å²) < 4.78 is 17.4. The zero-order chi connectivity index (χ0) is 21.0. The summed E-state index contributed by atoms with van der Waals surface area (Å²) in [7, 11) is 4.66. The summed E-state index contributed by atoms with van der Waals surface area (Å²) in [6.45, 7) is 2.09. The lowest BCUT2D eigenvalue weighted by Crippen LogP contribution is -2.17. The first-order valence-electron chi connectivity index (χ1n) is 8.84. The Labute approximate surface area is 172 Å². The summed E-state index contributed by atoms with van der Waals surface area (Å²) in [4.78, 5) is 25.5. The third-order valence-electron chi connectivity index (χ3n) is 4.51. The molecule has 0 unspecified atom stereocenters. The van der Waals surface area contributed by atoms with Gasteiger partial charge in [-0.05, 0) is 25.1 Å². The molecule has 0 aliphatic carbocycles. The van der Waals surface area contributed by atoms with Gasteiger partial charge in [-0.1, -0.05) is 29.5 Å². The van der Waals surface area contributed by atoms with Crippen molar-refractivity contribution in [1.29, 1.82) is 0 Å². The van der Waals surface area contributed by atoms with Gasteiger partial charge in [-0.2, -0.15) is 0 Å². The van der Waals surface area contributed by atoms with Crippen LogP contribution in [0.25, 0.3) is 0 Å². The van der Waals surface area contributed by atoms with Crippen molar-refractivity contribution in [3.63, 3.8) is 0 Å². The van der Waals surface area contributed by atoms with E-state index in [1.165, 1.54) is 7.11 Å². The second kappa shape index (κ2) is 8.83. The van der Waals surface area contributed by atoms with Gasteiger partial charge in [0.05, 0.1) is 27.9 Å². The Morgan fingerprint density at radius 2 is 1.69 bits per heavy atom. The van der Waals surface area contributed by atoms with Crippen LogP contribution in [0.2, 0.25) is 0 Å². The van der Waals surface area contributed by atoms with E-state index in [2.05, 4.69) is 5.32 Å². The van der Waals surface area contributed by atoms with E-state index < -0.39 is 0 Å². The topological polar surface area (TPSA) is 78.8 Å². The third kappa shape index (κ3) is 4.27. The molecule has 2 aromatic carbocycles. The zero-order valence-corrected chi connectivity index (χ0v) is 17.5. The monoisotopic (exact) mass is 414 g/mol. The molecule has 1 amide bonds. The van der Waals surface area contributed by atoms with Crippen LogP contribution < -0.4 is 24.4 Å². The number of nitrogens with one attached hydrogen (secondary N) is 1. The van der Waals surface area contributed by atoms with Gasteiger partial charge in [-0.3, -0.25) is 14.2 Å². The summed E-state index contributed by atoms with van der Waals surface area (Å²) in [6, 6.07) is 12.6. The van der Waals surface area contributed by atoms with Gasteiger partial charge in [0.1, 0.15) is 10.6 Å². The van der Waals surface area contributed by atoms with Gasteiger partial charge < -0.3 is 19.5 Å². The van der Waals surface area contributed by atoms with E-state index in [1.807, 2.05) is 24.3 Å². The van der Waals surface area contributed by atoms with Crippen LogP contribution in [-0.2, 0) is 6.54 Å². The number of methoxy groups -OCH3 is 3. The number of anilines is 1. The maximum atomic E-state index is 12.8. The molecule has 1 heterocycles. The number of para-hydroxylation sites is 1. The summed E-state index contributed by atoms with van der Waals surface area (Å²) >= 11 is 0.917. The molecule has 3 aromatic rings. The molecule has 0 aliphatic rings. The second-order valence-corrected chi connectivity index (χ2v) is 7.17. The minimum atomic E-state index is -0.351. The molecule has 1 aromatic heterocycles.